The summed E-state index contributed by atoms with van der Waals surface area (Å²) in [5, 5.41) is 11.3. The summed E-state index contributed by atoms with van der Waals surface area (Å²) in [6.45, 7) is 1.19. The van der Waals surface area contributed by atoms with Gasteiger partial charge in [-0.15, -0.1) is 21.5 Å². The molecule has 0 atom stereocenters. The lowest BCUT2D eigenvalue weighted by Crippen LogP contribution is -2.07. The number of anilines is 1. The minimum Gasteiger partial charge on any atom is -0.397 e. The number of thioether (sulfide) groups is 1. The molecule has 3 heterocycles. The van der Waals surface area contributed by atoms with Crippen molar-refractivity contribution in [3.8, 4) is 10.7 Å². The van der Waals surface area contributed by atoms with Gasteiger partial charge in [0.1, 0.15) is 4.83 Å². The lowest BCUT2D eigenvalue weighted by Gasteiger charge is -2.09. The number of nitrogens with zero attached hydrogens (tertiary/aromatic N) is 4. The highest BCUT2D eigenvalue weighted by Gasteiger charge is 2.20. The Morgan fingerprint density at radius 2 is 2.14 bits per heavy atom. The molecule has 4 aromatic rings. The van der Waals surface area contributed by atoms with E-state index in [0.717, 1.165) is 42.4 Å². The van der Waals surface area contributed by atoms with E-state index in [1.807, 2.05) is 36.4 Å². The summed E-state index contributed by atoms with van der Waals surface area (Å²) in [5.74, 6) is 1.49. The second-order valence-electron chi connectivity index (χ2n) is 6.07. The Kier molecular flexibility index (Phi) is 5.82. The number of aromatic nitrogens is 4. The minimum absolute atomic E-state index is 0.554. The monoisotopic (exact) mass is 431 g/mol. The molecule has 28 heavy (non-hydrogen) atoms. The van der Waals surface area contributed by atoms with Gasteiger partial charge in [-0.1, -0.05) is 35.5 Å². The van der Waals surface area contributed by atoms with Gasteiger partial charge >= 0.3 is 0 Å². The average molecular weight is 432 g/mol. The predicted octanol–water partition coefficient (Wildman–Crippen LogP) is 4.73. The number of halogens is 1. The van der Waals surface area contributed by atoms with Crippen molar-refractivity contribution < 1.29 is 4.74 Å². The number of methoxy groups -OCH3 is 1. The molecule has 0 unspecified atom stereocenters. The summed E-state index contributed by atoms with van der Waals surface area (Å²) in [6.07, 6.45) is 1.77. The van der Waals surface area contributed by atoms with Gasteiger partial charge in [0.15, 0.2) is 11.0 Å². The second-order valence-corrected chi connectivity index (χ2v) is 8.45. The van der Waals surface area contributed by atoms with Crippen LogP contribution in [0.25, 0.3) is 20.9 Å². The van der Waals surface area contributed by atoms with E-state index in [-0.39, 0.29) is 0 Å². The van der Waals surface area contributed by atoms with Crippen molar-refractivity contribution >= 4 is 50.6 Å². The van der Waals surface area contributed by atoms with Crippen LogP contribution in [0, 0.1) is 0 Å². The Labute approximate surface area is 175 Å². The van der Waals surface area contributed by atoms with Crippen LogP contribution in [0.3, 0.4) is 0 Å². The summed E-state index contributed by atoms with van der Waals surface area (Å²) in [4.78, 5) is 6.18. The molecule has 2 N–H and O–H groups in total. The third-order valence-electron chi connectivity index (χ3n) is 4.20. The molecule has 0 radical (unpaired) electrons. The predicted molar refractivity (Wildman–Crippen MR) is 116 cm³/mol. The normalized spacial score (nSPS) is 11.4. The number of nitrogen functional groups attached to an aromatic ring is 1. The molecular formula is C19H18ClN5OS2. The molecule has 0 fully saturated rings. The fourth-order valence-electron chi connectivity index (χ4n) is 2.84. The molecule has 0 aliphatic heterocycles. The first-order valence-electron chi connectivity index (χ1n) is 8.60. The molecule has 0 aliphatic rings. The summed E-state index contributed by atoms with van der Waals surface area (Å²) >= 11 is 9.23. The maximum Gasteiger partial charge on any atom is 0.191 e. The summed E-state index contributed by atoms with van der Waals surface area (Å²) in [6, 6.07) is 11.7. The van der Waals surface area contributed by atoms with Crippen molar-refractivity contribution in [2.45, 2.75) is 17.5 Å². The molecule has 3 aromatic heterocycles. The Morgan fingerprint density at radius 3 is 2.93 bits per heavy atom. The van der Waals surface area contributed by atoms with Gasteiger partial charge in [-0.25, -0.2) is 4.98 Å². The highest BCUT2D eigenvalue weighted by atomic mass is 35.5. The zero-order valence-electron chi connectivity index (χ0n) is 15.1. The van der Waals surface area contributed by atoms with E-state index in [9.17, 15) is 0 Å². The lowest BCUT2D eigenvalue weighted by molar-refractivity contribution is 0.185. The Morgan fingerprint density at radius 1 is 1.25 bits per heavy atom. The number of fused-ring (bicyclic) bond motifs is 1. The molecule has 0 bridgehead atoms. The molecule has 0 spiro atoms. The zero-order chi connectivity index (χ0) is 19.5. The largest absolute Gasteiger partial charge is 0.397 e. The molecule has 0 saturated carbocycles. The number of nitrogens with two attached hydrogens (primary N) is 1. The molecule has 0 aliphatic carbocycles. The van der Waals surface area contributed by atoms with Crippen LogP contribution in [0.2, 0.25) is 5.02 Å². The van der Waals surface area contributed by atoms with Crippen molar-refractivity contribution in [1.29, 1.82) is 0 Å². The van der Waals surface area contributed by atoms with E-state index in [4.69, 9.17) is 22.1 Å². The molecule has 4 rings (SSSR count). The van der Waals surface area contributed by atoms with Gasteiger partial charge in [-0.3, -0.25) is 4.57 Å². The smallest absolute Gasteiger partial charge is 0.191 e. The standard InChI is InChI=1S/C19H18ClN5OS2/c1-26-9-8-25-17(16-15(21)14-6-3-7-22-18(14)28-16)23-24-19(25)27-11-12-4-2-5-13(20)10-12/h2-7,10H,8-9,11,21H2,1H3. The van der Waals surface area contributed by atoms with Crippen LogP contribution in [0.1, 0.15) is 5.56 Å². The van der Waals surface area contributed by atoms with Gasteiger partial charge < -0.3 is 10.5 Å². The van der Waals surface area contributed by atoms with Crippen molar-refractivity contribution in [2.24, 2.45) is 0 Å². The lowest BCUT2D eigenvalue weighted by atomic mass is 10.2. The topological polar surface area (TPSA) is 78.8 Å². The Hall–Kier alpha value is -2.13. The number of thiophene rings is 1. The van der Waals surface area contributed by atoms with Crippen molar-refractivity contribution in [2.75, 3.05) is 19.5 Å². The van der Waals surface area contributed by atoms with E-state index < -0.39 is 0 Å². The van der Waals surface area contributed by atoms with Gasteiger partial charge in [0.05, 0.1) is 23.7 Å². The Bertz CT molecular complexity index is 1110. The third kappa shape index (κ3) is 3.86. The highest BCUT2D eigenvalue weighted by molar-refractivity contribution is 7.98. The minimum atomic E-state index is 0.554. The summed E-state index contributed by atoms with van der Waals surface area (Å²) in [5.41, 5.74) is 8.21. The van der Waals surface area contributed by atoms with Crippen molar-refractivity contribution in [1.82, 2.24) is 19.7 Å². The molecule has 0 amide bonds. The fraction of sp³-hybridized carbons (Fsp3) is 0.211. The van der Waals surface area contributed by atoms with Crippen molar-refractivity contribution in [3.05, 3.63) is 53.2 Å². The molecule has 0 saturated heterocycles. The number of rotatable bonds is 7. The number of ether oxygens (including phenoxy) is 1. The molecule has 144 valence electrons. The molecule has 1 aromatic carbocycles. The van der Waals surface area contributed by atoms with Crippen molar-refractivity contribution in [3.63, 3.8) is 0 Å². The number of hydrogen-bond acceptors (Lipinski definition) is 7. The van der Waals surface area contributed by atoms with E-state index in [1.165, 1.54) is 11.3 Å². The first-order valence-corrected chi connectivity index (χ1v) is 10.8. The first kappa shape index (κ1) is 19.2. The molecular weight excluding hydrogens is 414 g/mol. The van der Waals surface area contributed by atoms with E-state index in [2.05, 4.69) is 19.7 Å². The SMILES string of the molecule is COCCn1c(SCc2cccc(Cl)c2)nnc1-c1sc2ncccc2c1N. The summed E-state index contributed by atoms with van der Waals surface area (Å²) in [7, 11) is 1.68. The fourth-order valence-corrected chi connectivity index (χ4v) is 5.02. The number of benzene rings is 1. The maximum absolute atomic E-state index is 6.40. The van der Waals surface area contributed by atoms with Gasteiger partial charge in [-0.05, 0) is 29.8 Å². The average Bonchev–Trinajstić information content (AvgIpc) is 3.25. The van der Waals surface area contributed by atoms with Gasteiger partial charge in [0, 0.05) is 29.5 Å². The summed E-state index contributed by atoms with van der Waals surface area (Å²) < 4.78 is 7.34. The van der Waals surface area contributed by atoms with Gasteiger partial charge in [0.25, 0.3) is 0 Å². The van der Waals surface area contributed by atoms with E-state index >= 15 is 0 Å². The van der Waals surface area contributed by atoms with E-state index in [1.54, 1.807) is 25.1 Å². The van der Waals surface area contributed by atoms with Crippen LogP contribution >= 0.6 is 34.7 Å². The van der Waals surface area contributed by atoms with Gasteiger partial charge in [0.2, 0.25) is 0 Å². The quantitative estimate of drug-likeness (QED) is 0.426. The highest BCUT2D eigenvalue weighted by Crippen LogP contribution is 2.40. The van der Waals surface area contributed by atoms with Crippen LogP contribution < -0.4 is 5.73 Å². The van der Waals surface area contributed by atoms with Crippen LogP contribution in [0.15, 0.2) is 47.8 Å². The third-order valence-corrected chi connectivity index (χ3v) is 6.60. The first-order chi connectivity index (χ1) is 13.7. The van der Waals surface area contributed by atoms with Gasteiger partial charge in [-0.2, -0.15) is 0 Å². The van der Waals surface area contributed by atoms with Crippen LogP contribution in [0.5, 0.6) is 0 Å². The molecule has 6 nitrogen and oxygen atoms in total. The van der Waals surface area contributed by atoms with Crippen LogP contribution in [-0.4, -0.2) is 33.5 Å². The van der Waals surface area contributed by atoms with Crippen LogP contribution in [-0.2, 0) is 17.0 Å². The number of pyridine rings is 1. The van der Waals surface area contributed by atoms with Crippen LogP contribution in [0.4, 0.5) is 5.69 Å². The number of hydrogen-bond donors (Lipinski definition) is 1. The maximum atomic E-state index is 6.40. The molecule has 9 heteroatoms. The zero-order valence-corrected chi connectivity index (χ0v) is 17.5. The van der Waals surface area contributed by atoms with E-state index in [0.29, 0.717) is 18.8 Å². The Balaban J connectivity index is 1.68. The second kappa shape index (κ2) is 8.48.